The van der Waals surface area contributed by atoms with Crippen molar-refractivity contribution in [1.82, 2.24) is 9.80 Å². The smallest absolute Gasteiger partial charge is 0.234 e. The molecule has 9 nitrogen and oxygen atoms in total. The zero-order valence-corrected chi connectivity index (χ0v) is 18.4. The lowest BCUT2D eigenvalue weighted by Crippen LogP contribution is -2.41. The first-order chi connectivity index (χ1) is 13.9. The van der Waals surface area contributed by atoms with E-state index in [9.17, 15) is 9.59 Å². The van der Waals surface area contributed by atoms with E-state index in [1.807, 2.05) is 0 Å². The van der Waals surface area contributed by atoms with E-state index in [2.05, 4.69) is 0 Å². The van der Waals surface area contributed by atoms with Crippen LogP contribution in [0.4, 0.5) is 0 Å². The van der Waals surface area contributed by atoms with Crippen molar-refractivity contribution in [3.05, 3.63) is 0 Å². The molecule has 1 aliphatic rings. The first kappa shape index (κ1) is 25.8. The van der Waals surface area contributed by atoms with Gasteiger partial charge in [-0.25, -0.2) is 0 Å². The molecule has 2 amide bonds. The molecule has 170 valence electrons. The van der Waals surface area contributed by atoms with Gasteiger partial charge in [-0.2, -0.15) is 0 Å². The van der Waals surface area contributed by atoms with E-state index in [0.717, 1.165) is 25.9 Å². The van der Waals surface area contributed by atoms with E-state index in [1.165, 1.54) is 9.80 Å². The van der Waals surface area contributed by atoms with E-state index in [1.54, 1.807) is 28.2 Å². The van der Waals surface area contributed by atoms with Crippen molar-refractivity contribution in [2.45, 2.75) is 32.0 Å². The van der Waals surface area contributed by atoms with Crippen LogP contribution >= 0.6 is 0 Å². The van der Waals surface area contributed by atoms with Gasteiger partial charge in [0, 0.05) is 41.4 Å². The molecular formula is C20H38N2O7. The monoisotopic (exact) mass is 418 g/mol. The Balaban J connectivity index is 1.97. The van der Waals surface area contributed by atoms with E-state index < -0.39 is 5.92 Å². The summed E-state index contributed by atoms with van der Waals surface area (Å²) in [5.74, 6) is -1.13. The summed E-state index contributed by atoms with van der Waals surface area (Å²) in [4.78, 5) is 27.2. The highest BCUT2D eigenvalue weighted by Crippen LogP contribution is 2.13. The molecule has 0 aromatic rings. The Kier molecular flexibility index (Phi) is 13.8. The molecule has 0 bridgehead atoms. The summed E-state index contributed by atoms with van der Waals surface area (Å²) < 4.78 is 27.4. The lowest BCUT2D eigenvalue weighted by Gasteiger charge is -2.22. The van der Waals surface area contributed by atoms with Gasteiger partial charge in [0.1, 0.15) is 5.92 Å². The Morgan fingerprint density at radius 1 is 0.828 bits per heavy atom. The fraction of sp³-hybridized carbons (Fsp3) is 0.900. The Hall–Kier alpha value is -1.26. The van der Waals surface area contributed by atoms with Gasteiger partial charge in [-0.3, -0.25) is 9.59 Å². The van der Waals surface area contributed by atoms with Crippen molar-refractivity contribution in [2.75, 3.05) is 81.0 Å². The quantitative estimate of drug-likeness (QED) is 0.287. The van der Waals surface area contributed by atoms with Crippen molar-refractivity contribution >= 4 is 11.8 Å². The number of amides is 2. The molecule has 0 aromatic heterocycles. The highest BCUT2D eigenvalue weighted by molar-refractivity contribution is 5.99. The van der Waals surface area contributed by atoms with Gasteiger partial charge in [0.05, 0.1) is 39.6 Å². The van der Waals surface area contributed by atoms with Gasteiger partial charge in [-0.05, 0) is 25.7 Å². The van der Waals surface area contributed by atoms with Gasteiger partial charge >= 0.3 is 0 Å². The molecule has 9 heteroatoms. The molecule has 1 atom stereocenters. The molecule has 0 spiro atoms. The second-order valence-corrected chi connectivity index (χ2v) is 7.31. The van der Waals surface area contributed by atoms with Crippen LogP contribution < -0.4 is 0 Å². The summed E-state index contributed by atoms with van der Waals surface area (Å²) in [6.07, 6.45) is 3.49. The second kappa shape index (κ2) is 15.6. The summed E-state index contributed by atoms with van der Waals surface area (Å²) in [6, 6.07) is 0. The van der Waals surface area contributed by atoms with Gasteiger partial charge in [0.15, 0.2) is 6.29 Å². The minimum Gasteiger partial charge on any atom is -0.379 e. The van der Waals surface area contributed by atoms with Crippen molar-refractivity contribution in [3.8, 4) is 0 Å². The Morgan fingerprint density at radius 2 is 1.34 bits per heavy atom. The summed E-state index contributed by atoms with van der Waals surface area (Å²) in [7, 11) is 6.58. The number of nitrogens with zero attached hydrogens (tertiary/aromatic N) is 2. The molecule has 1 heterocycles. The Morgan fingerprint density at radius 3 is 1.83 bits per heavy atom. The maximum Gasteiger partial charge on any atom is 0.234 e. The Bertz CT molecular complexity index is 434. The zero-order valence-electron chi connectivity index (χ0n) is 18.4. The molecule has 0 aromatic carbocycles. The van der Waals surface area contributed by atoms with Crippen LogP contribution in [0.5, 0.6) is 0 Å². The van der Waals surface area contributed by atoms with Crippen molar-refractivity contribution in [2.24, 2.45) is 5.92 Å². The predicted octanol–water partition coefficient (Wildman–Crippen LogP) is 0.762. The number of ether oxygens (including phenoxy) is 5. The van der Waals surface area contributed by atoms with Crippen LogP contribution in [0, 0.1) is 5.92 Å². The summed E-state index contributed by atoms with van der Waals surface area (Å²) >= 11 is 0. The average Bonchev–Trinajstić information content (AvgIpc) is 2.71. The van der Waals surface area contributed by atoms with Crippen molar-refractivity contribution in [3.63, 3.8) is 0 Å². The molecule has 1 saturated heterocycles. The topological polar surface area (TPSA) is 86.8 Å². The summed E-state index contributed by atoms with van der Waals surface area (Å²) in [5, 5.41) is 0. The van der Waals surface area contributed by atoms with Gasteiger partial charge < -0.3 is 33.5 Å². The third-order valence-corrected chi connectivity index (χ3v) is 4.44. The summed E-state index contributed by atoms with van der Waals surface area (Å²) in [5.41, 5.74) is 0. The Labute approximate surface area is 174 Å². The third-order valence-electron chi connectivity index (χ3n) is 4.44. The molecule has 0 radical (unpaired) electrons. The molecule has 1 fully saturated rings. The molecule has 1 aliphatic heterocycles. The van der Waals surface area contributed by atoms with Crippen molar-refractivity contribution in [1.29, 1.82) is 0 Å². The number of rotatable bonds is 15. The van der Waals surface area contributed by atoms with Crippen molar-refractivity contribution < 1.29 is 33.3 Å². The first-order valence-electron chi connectivity index (χ1n) is 10.3. The standard InChI is InChI=1S/C20H38N2O7/c1-21(2)19(23)17(20(24)22(3)4)8-10-25-11-12-26-13-14-27-15-16-29-18-7-5-6-9-28-18/h17-18H,5-16H2,1-4H3. The zero-order chi connectivity index (χ0) is 21.5. The lowest BCUT2D eigenvalue weighted by atomic mass is 10.0. The van der Waals surface area contributed by atoms with Crippen LogP contribution in [0.25, 0.3) is 0 Å². The third kappa shape index (κ3) is 11.5. The van der Waals surface area contributed by atoms with Gasteiger partial charge in [-0.15, -0.1) is 0 Å². The molecule has 0 saturated carbocycles. The van der Waals surface area contributed by atoms with Gasteiger partial charge in [0.25, 0.3) is 0 Å². The fourth-order valence-corrected chi connectivity index (χ4v) is 2.80. The predicted molar refractivity (Wildman–Crippen MR) is 107 cm³/mol. The average molecular weight is 419 g/mol. The van der Waals surface area contributed by atoms with E-state index >= 15 is 0 Å². The SMILES string of the molecule is CN(C)C(=O)C(CCOCCOCCOCCOC1CCCCO1)C(=O)N(C)C. The van der Waals surface area contributed by atoms with E-state index in [0.29, 0.717) is 52.7 Å². The lowest BCUT2D eigenvalue weighted by molar-refractivity contribution is -0.169. The van der Waals surface area contributed by atoms with Crippen LogP contribution in [0.3, 0.4) is 0 Å². The normalized spacial score (nSPS) is 16.8. The first-order valence-corrected chi connectivity index (χ1v) is 10.3. The maximum absolute atomic E-state index is 12.2. The fourth-order valence-electron chi connectivity index (χ4n) is 2.80. The maximum atomic E-state index is 12.2. The molecule has 29 heavy (non-hydrogen) atoms. The number of carbonyl (C=O) groups is 2. The van der Waals surface area contributed by atoms with Gasteiger partial charge in [-0.1, -0.05) is 0 Å². The molecule has 0 aliphatic carbocycles. The van der Waals surface area contributed by atoms with E-state index in [-0.39, 0.29) is 18.1 Å². The minimum atomic E-state index is -0.712. The van der Waals surface area contributed by atoms with Crippen LogP contribution in [0.2, 0.25) is 0 Å². The van der Waals surface area contributed by atoms with Crippen LogP contribution in [0.1, 0.15) is 25.7 Å². The van der Waals surface area contributed by atoms with E-state index in [4.69, 9.17) is 23.7 Å². The van der Waals surface area contributed by atoms with Gasteiger partial charge in [0.2, 0.25) is 11.8 Å². The largest absolute Gasteiger partial charge is 0.379 e. The van der Waals surface area contributed by atoms with Crippen LogP contribution in [-0.4, -0.2) is 109 Å². The van der Waals surface area contributed by atoms with Crippen LogP contribution in [-0.2, 0) is 33.3 Å². The van der Waals surface area contributed by atoms with Crippen LogP contribution in [0.15, 0.2) is 0 Å². The summed E-state index contributed by atoms with van der Waals surface area (Å²) in [6.45, 7) is 3.94. The minimum absolute atomic E-state index is 0.0821. The number of carbonyl (C=O) groups excluding carboxylic acids is 2. The molecule has 0 N–H and O–H groups in total. The number of hydrogen-bond acceptors (Lipinski definition) is 7. The highest BCUT2D eigenvalue weighted by Gasteiger charge is 2.28. The molecular weight excluding hydrogens is 380 g/mol. The second-order valence-electron chi connectivity index (χ2n) is 7.31. The number of hydrogen-bond donors (Lipinski definition) is 0. The molecule has 1 unspecified atom stereocenters. The highest BCUT2D eigenvalue weighted by atomic mass is 16.7. The molecule has 1 rings (SSSR count).